The molecule has 5 heteroatoms. The zero-order valence-corrected chi connectivity index (χ0v) is 11.9. The van der Waals surface area contributed by atoms with Crippen molar-refractivity contribution < 1.29 is 9.18 Å². The van der Waals surface area contributed by atoms with Gasteiger partial charge in [-0.3, -0.25) is 4.79 Å². The van der Waals surface area contributed by atoms with Crippen LogP contribution in [-0.4, -0.2) is 37.5 Å². The average molecular weight is 279 g/mol. The van der Waals surface area contributed by atoms with Crippen LogP contribution in [0.5, 0.6) is 0 Å². The third-order valence-electron chi connectivity index (χ3n) is 3.86. The van der Waals surface area contributed by atoms with Gasteiger partial charge in [0.2, 0.25) is 0 Å². The Labute approximate surface area is 119 Å². The molecule has 0 atom stereocenters. The lowest BCUT2D eigenvalue weighted by molar-refractivity contribution is 0.0948. The number of carbonyl (C=O) groups excluding carboxylic acids is 1. The summed E-state index contributed by atoms with van der Waals surface area (Å²) in [4.78, 5) is 14.2. The van der Waals surface area contributed by atoms with E-state index in [1.54, 1.807) is 0 Å². The first-order valence-corrected chi connectivity index (χ1v) is 7.07. The van der Waals surface area contributed by atoms with Gasteiger partial charge in [0.15, 0.2) is 0 Å². The number of likely N-dealkylation sites (tertiary alicyclic amines) is 1. The fourth-order valence-electron chi connectivity index (χ4n) is 2.59. The summed E-state index contributed by atoms with van der Waals surface area (Å²) in [5.74, 6) is -0.0707. The molecule has 1 heterocycles. The number of benzene rings is 1. The second kappa shape index (κ2) is 6.70. The van der Waals surface area contributed by atoms with Crippen molar-refractivity contribution in [3.8, 4) is 0 Å². The molecular formula is C15H22FN3O. The van der Waals surface area contributed by atoms with Gasteiger partial charge < -0.3 is 16.0 Å². The van der Waals surface area contributed by atoms with Gasteiger partial charge in [-0.25, -0.2) is 4.39 Å². The highest BCUT2D eigenvalue weighted by Crippen LogP contribution is 2.18. The highest BCUT2D eigenvalue weighted by atomic mass is 19.1. The molecule has 20 heavy (non-hydrogen) atoms. The summed E-state index contributed by atoms with van der Waals surface area (Å²) in [6, 6.07) is 3.91. The van der Waals surface area contributed by atoms with Crippen molar-refractivity contribution in [3.63, 3.8) is 0 Å². The topological polar surface area (TPSA) is 58.4 Å². The third-order valence-corrected chi connectivity index (χ3v) is 3.86. The minimum Gasteiger partial charge on any atom is -0.399 e. The summed E-state index contributed by atoms with van der Waals surface area (Å²) in [6.07, 6.45) is 3.34. The first kappa shape index (κ1) is 14.8. The van der Waals surface area contributed by atoms with E-state index in [2.05, 4.69) is 17.3 Å². The lowest BCUT2D eigenvalue weighted by atomic mass is 9.94. The average Bonchev–Trinajstić information content (AvgIpc) is 2.40. The Morgan fingerprint density at radius 3 is 2.75 bits per heavy atom. The molecule has 4 nitrogen and oxygen atoms in total. The molecule has 0 saturated carbocycles. The predicted octanol–water partition coefficient (Wildman–Crippen LogP) is 1.87. The van der Waals surface area contributed by atoms with Gasteiger partial charge >= 0.3 is 0 Å². The van der Waals surface area contributed by atoms with E-state index in [-0.39, 0.29) is 17.2 Å². The summed E-state index contributed by atoms with van der Waals surface area (Å²) < 4.78 is 13.2. The van der Waals surface area contributed by atoms with Crippen LogP contribution in [0.3, 0.4) is 0 Å². The molecule has 1 fully saturated rings. The number of nitrogen functional groups attached to an aromatic ring is 1. The van der Waals surface area contributed by atoms with E-state index in [9.17, 15) is 9.18 Å². The summed E-state index contributed by atoms with van der Waals surface area (Å²) >= 11 is 0. The highest BCUT2D eigenvalue weighted by molar-refractivity contribution is 5.95. The Bertz CT molecular complexity index is 450. The molecule has 1 aromatic carbocycles. The predicted molar refractivity (Wildman–Crippen MR) is 78.0 cm³/mol. The largest absolute Gasteiger partial charge is 0.399 e. The standard InChI is InChI=1S/C15H22FN3O/c1-19-6-3-11(4-7-19)2-5-18-15(20)12-8-13(16)10-14(17)9-12/h8-11H,2-7,17H2,1H3,(H,18,20). The Morgan fingerprint density at radius 2 is 2.10 bits per heavy atom. The Balaban J connectivity index is 1.77. The van der Waals surface area contributed by atoms with E-state index in [4.69, 9.17) is 5.73 Å². The summed E-state index contributed by atoms with van der Waals surface area (Å²) in [6.45, 7) is 2.88. The Morgan fingerprint density at radius 1 is 1.40 bits per heavy atom. The molecule has 1 amide bonds. The number of anilines is 1. The number of nitrogens with one attached hydrogen (secondary N) is 1. The van der Waals surface area contributed by atoms with Gasteiger partial charge in [0, 0.05) is 17.8 Å². The van der Waals surface area contributed by atoms with Crippen molar-refractivity contribution in [1.29, 1.82) is 0 Å². The maximum atomic E-state index is 13.2. The number of carbonyl (C=O) groups is 1. The van der Waals surface area contributed by atoms with Crippen LogP contribution in [0.1, 0.15) is 29.6 Å². The van der Waals surface area contributed by atoms with Gasteiger partial charge in [0.1, 0.15) is 5.82 Å². The molecule has 3 N–H and O–H groups in total. The van der Waals surface area contributed by atoms with Crippen LogP contribution in [-0.2, 0) is 0 Å². The third kappa shape index (κ3) is 4.20. The zero-order valence-electron chi connectivity index (χ0n) is 11.9. The Hall–Kier alpha value is -1.62. The van der Waals surface area contributed by atoms with Crippen molar-refractivity contribution in [1.82, 2.24) is 10.2 Å². The normalized spacial score (nSPS) is 17.1. The molecule has 0 aromatic heterocycles. The van der Waals surface area contributed by atoms with Crippen LogP contribution < -0.4 is 11.1 Å². The molecule has 110 valence electrons. The van der Waals surface area contributed by atoms with Crippen molar-refractivity contribution in [2.24, 2.45) is 5.92 Å². The molecule has 0 unspecified atom stereocenters. The smallest absolute Gasteiger partial charge is 0.251 e. The SMILES string of the molecule is CN1CCC(CCNC(=O)c2cc(N)cc(F)c2)CC1. The van der Waals surface area contributed by atoms with E-state index in [1.807, 2.05) is 0 Å². The fraction of sp³-hybridized carbons (Fsp3) is 0.533. The van der Waals surface area contributed by atoms with E-state index >= 15 is 0 Å². The minimum absolute atomic E-state index is 0.260. The number of piperidine rings is 1. The van der Waals surface area contributed by atoms with Crippen molar-refractivity contribution in [2.75, 3.05) is 32.4 Å². The van der Waals surface area contributed by atoms with Crippen molar-refractivity contribution in [3.05, 3.63) is 29.6 Å². The second-order valence-electron chi connectivity index (χ2n) is 5.56. The fourth-order valence-corrected chi connectivity index (χ4v) is 2.59. The number of nitrogens with zero attached hydrogens (tertiary/aromatic N) is 1. The molecule has 0 radical (unpaired) electrons. The lowest BCUT2D eigenvalue weighted by Gasteiger charge is -2.28. The maximum absolute atomic E-state index is 13.2. The molecular weight excluding hydrogens is 257 g/mol. The number of hydrogen-bond donors (Lipinski definition) is 2. The van der Waals surface area contributed by atoms with Gasteiger partial charge in [-0.05, 0) is 63.5 Å². The highest BCUT2D eigenvalue weighted by Gasteiger charge is 2.16. The number of amides is 1. The molecule has 1 aliphatic heterocycles. The van der Waals surface area contributed by atoms with Crippen LogP contribution in [0.15, 0.2) is 18.2 Å². The van der Waals surface area contributed by atoms with Crippen molar-refractivity contribution >= 4 is 11.6 Å². The molecule has 1 saturated heterocycles. The summed E-state index contributed by atoms with van der Waals surface area (Å²) in [7, 11) is 2.13. The molecule has 0 bridgehead atoms. The summed E-state index contributed by atoms with van der Waals surface area (Å²) in [5.41, 5.74) is 6.08. The van der Waals surface area contributed by atoms with Gasteiger partial charge in [-0.2, -0.15) is 0 Å². The van der Waals surface area contributed by atoms with Crippen molar-refractivity contribution in [2.45, 2.75) is 19.3 Å². The Kier molecular flexibility index (Phi) is 4.95. The minimum atomic E-state index is -0.481. The van der Waals surface area contributed by atoms with E-state index in [0.29, 0.717) is 12.5 Å². The second-order valence-corrected chi connectivity index (χ2v) is 5.56. The van der Waals surface area contributed by atoms with E-state index in [0.717, 1.165) is 19.5 Å². The quantitative estimate of drug-likeness (QED) is 0.827. The lowest BCUT2D eigenvalue weighted by Crippen LogP contribution is -2.32. The van der Waals surface area contributed by atoms with E-state index in [1.165, 1.54) is 31.0 Å². The van der Waals surface area contributed by atoms with Crippen LogP contribution in [0.25, 0.3) is 0 Å². The molecule has 0 aliphatic carbocycles. The monoisotopic (exact) mass is 279 g/mol. The van der Waals surface area contributed by atoms with Gasteiger partial charge in [-0.1, -0.05) is 0 Å². The first-order chi connectivity index (χ1) is 9.54. The number of nitrogens with two attached hydrogens (primary N) is 1. The number of rotatable bonds is 4. The van der Waals surface area contributed by atoms with E-state index < -0.39 is 5.82 Å². The van der Waals surface area contributed by atoms with Crippen LogP contribution in [0.4, 0.5) is 10.1 Å². The van der Waals surface area contributed by atoms with Gasteiger partial charge in [0.05, 0.1) is 0 Å². The molecule has 1 aliphatic rings. The first-order valence-electron chi connectivity index (χ1n) is 7.07. The van der Waals surface area contributed by atoms with Crippen LogP contribution in [0, 0.1) is 11.7 Å². The van der Waals surface area contributed by atoms with Crippen LogP contribution in [0.2, 0.25) is 0 Å². The van der Waals surface area contributed by atoms with Crippen LogP contribution >= 0.6 is 0 Å². The summed E-state index contributed by atoms with van der Waals surface area (Å²) in [5, 5.41) is 2.84. The maximum Gasteiger partial charge on any atom is 0.251 e. The number of hydrogen-bond acceptors (Lipinski definition) is 3. The molecule has 2 rings (SSSR count). The zero-order chi connectivity index (χ0) is 14.5. The van der Waals surface area contributed by atoms with Gasteiger partial charge in [0.25, 0.3) is 5.91 Å². The number of halogens is 1. The molecule has 0 spiro atoms. The molecule has 1 aromatic rings. The van der Waals surface area contributed by atoms with Gasteiger partial charge in [-0.15, -0.1) is 0 Å².